The summed E-state index contributed by atoms with van der Waals surface area (Å²) in [6.45, 7) is 5.08. The molecule has 1 aromatic carbocycles. The first-order chi connectivity index (χ1) is 11.5. The molecule has 0 amide bonds. The molecule has 130 valence electrons. The number of hydrogen-bond donors (Lipinski definition) is 1. The first-order valence-electron chi connectivity index (χ1n) is 7.68. The Morgan fingerprint density at radius 2 is 2.21 bits per heavy atom. The number of nitrogens with zero attached hydrogens (tertiary/aromatic N) is 1. The van der Waals surface area contributed by atoms with Gasteiger partial charge in [0.05, 0.1) is 7.11 Å². The van der Waals surface area contributed by atoms with Crippen LogP contribution in [0, 0.1) is 11.7 Å². The maximum atomic E-state index is 13.6. The summed E-state index contributed by atoms with van der Waals surface area (Å²) >= 11 is 1.36. The smallest absolute Gasteiger partial charge is 0.358 e. The van der Waals surface area contributed by atoms with Crippen LogP contribution in [0.4, 0.5) is 9.52 Å². The van der Waals surface area contributed by atoms with Crippen molar-refractivity contribution in [1.29, 1.82) is 0 Å². The lowest BCUT2D eigenvalue weighted by Gasteiger charge is -2.06. The zero-order valence-electron chi connectivity index (χ0n) is 14.0. The molecule has 24 heavy (non-hydrogen) atoms. The van der Waals surface area contributed by atoms with E-state index in [2.05, 4.69) is 24.1 Å². The van der Waals surface area contributed by atoms with E-state index < -0.39 is 11.8 Å². The van der Waals surface area contributed by atoms with Crippen LogP contribution < -0.4 is 10.1 Å². The van der Waals surface area contributed by atoms with E-state index in [1.54, 1.807) is 11.4 Å². The molecule has 0 radical (unpaired) electrons. The van der Waals surface area contributed by atoms with Gasteiger partial charge in [-0.2, -0.15) is 0 Å². The second-order valence-electron chi connectivity index (χ2n) is 5.69. The number of carbonyl (C=O) groups excluding carboxylic acids is 1. The molecule has 0 unspecified atom stereocenters. The lowest BCUT2D eigenvalue weighted by molar-refractivity contribution is 0.0466. The Kier molecular flexibility index (Phi) is 6.54. The third-order valence-corrected chi connectivity index (χ3v) is 4.10. The number of aromatic nitrogens is 1. The lowest BCUT2D eigenvalue weighted by atomic mass is 10.1. The normalized spacial score (nSPS) is 10.7. The zero-order valence-corrected chi connectivity index (χ0v) is 14.8. The predicted molar refractivity (Wildman–Crippen MR) is 92.1 cm³/mol. The predicted octanol–water partition coefficient (Wildman–Crippen LogP) is 4.11. The largest absolute Gasteiger partial charge is 0.494 e. The van der Waals surface area contributed by atoms with Gasteiger partial charge in [0.15, 0.2) is 22.4 Å². The Bertz CT molecular complexity index is 688. The van der Waals surface area contributed by atoms with Crippen molar-refractivity contribution in [2.24, 2.45) is 5.92 Å². The van der Waals surface area contributed by atoms with Crippen LogP contribution in [0.15, 0.2) is 23.6 Å². The molecule has 1 aromatic heterocycles. The van der Waals surface area contributed by atoms with Crippen molar-refractivity contribution < 1.29 is 18.7 Å². The minimum atomic E-state index is -0.528. The zero-order chi connectivity index (χ0) is 17.5. The summed E-state index contributed by atoms with van der Waals surface area (Å²) in [5.41, 5.74) is 0.799. The van der Waals surface area contributed by atoms with E-state index in [1.807, 2.05) is 0 Å². The van der Waals surface area contributed by atoms with Gasteiger partial charge in [-0.3, -0.25) is 0 Å². The monoisotopic (exact) mass is 352 g/mol. The van der Waals surface area contributed by atoms with Crippen molar-refractivity contribution in [3.8, 4) is 5.75 Å². The number of nitrogens with one attached hydrogen (secondary N) is 1. The molecule has 0 saturated carbocycles. The number of carbonyl (C=O) groups is 1. The summed E-state index contributed by atoms with van der Waals surface area (Å²) in [5, 5.41) is 5.52. The minimum Gasteiger partial charge on any atom is -0.494 e. The lowest BCUT2D eigenvalue weighted by Crippen LogP contribution is -2.07. The van der Waals surface area contributed by atoms with Gasteiger partial charge in [0.25, 0.3) is 0 Å². The number of methoxy groups -OCH3 is 1. The molecule has 0 atom stereocenters. The average molecular weight is 352 g/mol. The number of benzene rings is 1. The third-order valence-electron chi connectivity index (χ3n) is 3.30. The Labute approximate surface area is 144 Å². The Balaban J connectivity index is 1.86. The molecule has 0 aliphatic heterocycles. The minimum absolute atomic E-state index is 0.0205. The summed E-state index contributed by atoms with van der Waals surface area (Å²) in [6, 6.07) is 4.43. The molecule has 0 aliphatic rings. The molecule has 2 aromatic rings. The van der Waals surface area contributed by atoms with E-state index >= 15 is 0 Å². The summed E-state index contributed by atoms with van der Waals surface area (Å²) in [7, 11) is 1.40. The molecule has 5 nitrogen and oxygen atoms in total. The fourth-order valence-electron chi connectivity index (χ4n) is 1.94. The van der Waals surface area contributed by atoms with Crippen LogP contribution in [-0.2, 0) is 11.3 Å². The van der Waals surface area contributed by atoms with Gasteiger partial charge in [0, 0.05) is 11.9 Å². The molecule has 2 rings (SSSR count). The third kappa shape index (κ3) is 5.19. The number of anilines is 1. The van der Waals surface area contributed by atoms with Crippen LogP contribution in [0.1, 0.15) is 36.3 Å². The van der Waals surface area contributed by atoms with E-state index in [4.69, 9.17) is 9.47 Å². The van der Waals surface area contributed by atoms with Gasteiger partial charge in [0.2, 0.25) is 0 Å². The van der Waals surface area contributed by atoms with Crippen molar-refractivity contribution in [1.82, 2.24) is 4.98 Å². The fourth-order valence-corrected chi connectivity index (χ4v) is 2.65. The van der Waals surface area contributed by atoms with Crippen molar-refractivity contribution in [3.63, 3.8) is 0 Å². The van der Waals surface area contributed by atoms with Gasteiger partial charge in [0.1, 0.15) is 6.61 Å². The summed E-state index contributed by atoms with van der Waals surface area (Å²) in [4.78, 5) is 16.2. The highest BCUT2D eigenvalue weighted by Gasteiger charge is 2.13. The SMILES string of the molecule is COc1ccc(COC(=O)c2csc(NCCC(C)C)n2)cc1F. The van der Waals surface area contributed by atoms with Gasteiger partial charge < -0.3 is 14.8 Å². The molecule has 0 saturated heterocycles. The summed E-state index contributed by atoms with van der Waals surface area (Å²) in [5.74, 6) is -0.260. The highest BCUT2D eigenvalue weighted by molar-refractivity contribution is 7.13. The van der Waals surface area contributed by atoms with Crippen LogP contribution in [0.5, 0.6) is 5.75 Å². The van der Waals surface area contributed by atoms with Gasteiger partial charge in [-0.15, -0.1) is 11.3 Å². The van der Waals surface area contributed by atoms with Crippen LogP contribution in [0.25, 0.3) is 0 Å². The van der Waals surface area contributed by atoms with Crippen LogP contribution >= 0.6 is 11.3 Å². The first-order valence-corrected chi connectivity index (χ1v) is 8.56. The molecule has 1 heterocycles. The van der Waals surface area contributed by atoms with Crippen molar-refractivity contribution in [2.45, 2.75) is 26.9 Å². The summed E-state index contributed by atoms with van der Waals surface area (Å²) < 4.78 is 23.6. The first kappa shape index (κ1) is 18.2. The molecule has 0 spiro atoms. The molecule has 0 fully saturated rings. The van der Waals surface area contributed by atoms with Crippen molar-refractivity contribution in [2.75, 3.05) is 19.0 Å². The topological polar surface area (TPSA) is 60.5 Å². The number of rotatable bonds is 8. The fraction of sp³-hybridized carbons (Fsp3) is 0.412. The second-order valence-corrected chi connectivity index (χ2v) is 6.55. The van der Waals surface area contributed by atoms with E-state index in [0.717, 1.165) is 13.0 Å². The standard InChI is InChI=1S/C17H21FN2O3S/c1-11(2)6-7-19-17-20-14(10-24-17)16(21)23-9-12-4-5-15(22-3)13(18)8-12/h4-5,8,10-11H,6-7,9H2,1-3H3,(H,19,20). The molecule has 0 bridgehead atoms. The van der Waals surface area contributed by atoms with Crippen LogP contribution in [0.2, 0.25) is 0 Å². The van der Waals surface area contributed by atoms with E-state index in [0.29, 0.717) is 16.6 Å². The second kappa shape index (κ2) is 8.63. The maximum Gasteiger partial charge on any atom is 0.358 e. The molecule has 7 heteroatoms. The van der Waals surface area contributed by atoms with E-state index in [1.165, 1.54) is 30.6 Å². The molecule has 1 N–H and O–H groups in total. The van der Waals surface area contributed by atoms with E-state index in [9.17, 15) is 9.18 Å². The van der Waals surface area contributed by atoms with Crippen molar-refractivity contribution >= 4 is 22.4 Å². The summed E-state index contributed by atoms with van der Waals surface area (Å²) in [6.07, 6.45) is 1.03. The number of halogens is 1. The Morgan fingerprint density at radius 3 is 2.88 bits per heavy atom. The number of thiazole rings is 1. The quantitative estimate of drug-likeness (QED) is 0.725. The van der Waals surface area contributed by atoms with Crippen molar-refractivity contribution in [3.05, 3.63) is 40.7 Å². The van der Waals surface area contributed by atoms with Gasteiger partial charge in [-0.05, 0) is 30.0 Å². The highest BCUT2D eigenvalue weighted by atomic mass is 32.1. The van der Waals surface area contributed by atoms with Gasteiger partial charge in [-0.25, -0.2) is 14.2 Å². The number of ether oxygens (including phenoxy) is 2. The van der Waals surface area contributed by atoms with Gasteiger partial charge in [-0.1, -0.05) is 19.9 Å². The van der Waals surface area contributed by atoms with Crippen LogP contribution in [-0.4, -0.2) is 24.6 Å². The van der Waals surface area contributed by atoms with Gasteiger partial charge >= 0.3 is 5.97 Å². The van der Waals surface area contributed by atoms with E-state index in [-0.39, 0.29) is 18.1 Å². The number of hydrogen-bond acceptors (Lipinski definition) is 6. The Hall–Kier alpha value is -2.15. The number of esters is 1. The molecular formula is C17H21FN2O3S. The average Bonchev–Trinajstić information content (AvgIpc) is 3.01. The van der Waals surface area contributed by atoms with Crippen LogP contribution in [0.3, 0.4) is 0 Å². The molecule has 0 aliphatic carbocycles. The highest BCUT2D eigenvalue weighted by Crippen LogP contribution is 2.20. The maximum absolute atomic E-state index is 13.6. The Morgan fingerprint density at radius 1 is 1.42 bits per heavy atom. The molecular weight excluding hydrogens is 331 g/mol.